The zero-order chi connectivity index (χ0) is 11.4. The third kappa shape index (κ3) is 2.59. The zero-order valence-electron chi connectivity index (χ0n) is 9.76. The fourth-order valence-electron chi connectivity index (χ4n) is 2.40. The van der Waals surface area contributed by atoms with Gasteiger partial charge in [-0.25, -0.2) is 4.98 Å². The number of rotatable bonds is 4. The topological polar surface area (TPSA) is 63.0 Å². The van der Waals surface area contributed by atoms with E-state index in [-0.39, 0.29) is 6.61 Å². The maximum Gasteiger partial charge on any atom is 0.140 e. The lowest BCUT2D eigenvalue weighted by molar-refractivity contribution is 0.151. The molecule has 5 nitrogen and oxygen atoms in total. The van der Waals surface area contributed by atoms with Crippen LogP contribution in [0.3, 0.4) is 0 Å². The largest absolute Gasteiger partial charge is 0.396 e. The van der Waals surface area contributed by atoms with Gasteiger partial charge >= 0.3 is 0 Å². The third-order valence-electron chi connectivity index (χ3n) is 3.47. The molecule has 1 aromatic heterocycles. The standard InChI is InChI=1S/C11H20N4O/c1-15-11(13-8-14-15)6-12-10-5-3-2-4-9(10)7-16/h8-10,12,16H,2-7H2,1H3/t9-,10+/m1/s1. The molecule has 0 unspecified atom stereocenters. The first-order valence-corrected chi connectivity index (χ1v) is 5.98. The van der Waals surface area contributed by atoms with Gasteiger partial charge < -0.3 is 10.4 Å². The molecule has 1 heterocycles. The van der Waals surface area contributed by atoms with Gasteiger partial charge in [0, 0.05) is 19.7 Å². The maximum atomic E-state index is 9.30. The Kier molecular flexibility index (Phi) is 3.90. The summed E-state index contributed by atoms with van der Waals surface area (Å²) >= 11 is 0. The second-order valence-electron chi connectivity index (χ2n) is 4.51. The Morgan fingerprint density at radius 2 is 2.31 bits per heavy atom. The van der Waals surface area contributed by atoms with Crippen LogP contribution in [0.1, 0.15) is 31.5 Å². The predicted octanol–water partition coefficient (Wildman–Crippen LogP) is 0.456. The molecule has 1 aliphatic rings. The molecular formula is C11H20N4O. The first kappa shape index (κ1) is 11.5. The highest BCUT2D eigenvalue weighted by atomic mass is 16.3. The van der Waals surface area contributed by atoms with Crippen molar-refractivity contribution in [3.8, 4) is 0 Å². The predicted molar refractivity (Wildman–Crippen MR) is 60.7 cm³/mol. The van der Waals surface area contributed by atoms with E-state index < -0.39 is 0 Å². The number of hydrogen-bond donors (Lipinski definition) is 2. The van der Waals surface area contributed by atoms with Crippen molar-refractivity contribution in [2.45, 2.75) is 38.3 Å². The second kappa shape index (κ2) is 5.41. The first-order valence-electron chi connectivity index (χ1n) is 5.98. The van der Waals surface area contributed by atoms with Crippen molar-refractivity contribution in [1.29, 1.82) is 0 Å². The Labute approximate surface area is 95.9 Å². The van der Waals surface area contributed by atoms with Crippen molar-refractivity contribution in [2.24, 2.45) is 13.0 Å². The van der Waals surface area contributed by atoms with Crippen molar-refractivity contribution >= 4 is 0 Å². The summed E-state index contributed by atoms with van der Waals surface area (Å²) < 4.78 is 1.78. The van der Waals surface area contributed by atoms with Gasteiger partial charge in [0.2, 0.25) is 0 Å². The first-order chi connectivity index (χ1) is 7.81. The van der Waals surface area contributed by atoms with E-state index in [1.165, 1.54) is 12.8 Å². The molecule has 2 atom stereocenters. The number of nitrogens with zero attached hydrogens (tertiary/aromatic N) is 3. The summed E-state index contributed by atoms with van der Waals surface area (Å²) in [4.78, 5) is 4.18. The quantitative estimate of drug-likeness (QED) is 0.779. The van der Waals surface area contributed by atoms with Gasteiger partial charge in [-0.1, -0.05) is 12.8 Å². The van der Waals surface area contributed by atoms with E-state index in [2.05, 4.69) is 15.4 Å². The van der Waals surface area contributed by atoms with Crippen LogP contribution < -0.4 is 5.32 Å². The van der Waals surface area contributed by atoms with E-state index in [1.807, 2.05) is 7.05 Å². The van der Waals surface area contributed by atoms with Crippen LogP contribution in [0.5, 0.6) is 0 Å². The van der Waals surface area contributed by atoms with E-state index in [4.69, 9.17) is 0 Å². The Bertz CT molecular complexity index is 326. The summed E-state index contributed by atoms with van der Waals surface area (Å²) in [6.45, 7) is 1.02. The van der Waals surface area contributed by atoms with Gasteiger partial charge in [0.05, 0.1) is 6.54 Å². The molecule has 1 aliphatic carbocycles. The van der Waals surface area contributed by atoms with Gasteiger partial charge in [-0.2, -0.15) is 5.10 Å². The van der Waals surface area contributed by atoms with Crippen molar-refractivity contribution in [3.05, 3.63) is 12.2 Å². The zero-order valence-corrected chi connectivity index (χ0v) is 9.76. The molecule has 5 heteroatoms. The van der Waals surface area contributed by atoms with Crippen molar-refractivity contribution in [1.82, 2.24) is 20.1 Å². The average Bonchev–Trinajstić information content (AvgIpc) is 2.72. The minimum Gasteiger partial charge on any atom is -0.396 e. The molecular weight excluding hydrogens is 204 g/mol. The number of hydrogen-bond acceptors (Lipinski definition) is 4. The summed E-state index contributed by atoms with van der Waals surface area (Å²) in [5.41, 5.74) is 0. The molecule has 2 N–H and O–H groups in total. The smallest absolute Gasteiger partial charge is 0.140 e. The van der Waals surface area contributed by atoms with Gasteiger partial charge in [0.1, 0.15) is 12.2 Å². The Balaban J connectivity index is 1.86. The molecule has 1 fully saturated rings. The van der Waals surface area contributed by atoms with Crippen LogP contribution in [-0.2, 0) is 13.6 Å². The molecule has 0 bridgehead atoms. The van der Waals surface area contributed by atoms with Crippen LogP contribution in [0.15, 0.2) is 6.33 Å². The van der Waals surface area contributed by atoms with Crippen molar-refractivity contribution in [2.75, 3.05) is 6.61 Å². The van der Waals surface area contributed by atoms with Crippen LogP contribution in [0.4, 0.5) is 0 Å². The molecule has 90 valence electrons. The highest BCUT2D eigenvalue weighted by Crippen LogP contribution is 2.24. The number of aryl methyl sites for hydroxylation is 1. The maximum absolute atomic E-state index is 9.30. The molecule has 1 saturated carbocycles. The van der Waals surface area contributed by atoms with Crippen molar-refractivity contribution < 1.29 is 5.11 Å². The fourth-order valence-corrected chi connectivity index (χ4v) is 2.40. The molecule has 0 aromatic carbocycles. The number of aliphatic hydroxyl groups excluding tert-OH is 1. The normalized spacial score (nSPS) is 25.9. The molecule has 0 spiro atoms. The van der Waals surface area contributed by atoms with Crippen LogP contribution in [0.25, 0.3) is 0 Å². The van der Waals surface area contributed by atoms with Crippen LogP contribution in [0.2, 0.25) is 0 Å². The minimum atomic E-state index is 0.288. The monoisotopic (exact) mass is 224 g/mol. The summed E-state index contributed by atoms with van der Waals surface area (Å²) in [6, 6.07) is 0.426. The highest BCUT2D eigenvalue weighted by molar-refractivity contribution is 4.86. The Morgan fingerprint density at radius 1 is 1.50 bits per heavy atom. The van der Waals surface area contributed by atoms with Crippen LogP contribution in [-0.4, -0.2) is 32.5 Å². The number of nitrogens with one attached hydrogen (secondary N) is 1. The third-order valence-corrected chi connectivity index (χ3v) is 3.47. The van der Waals surface area contributed by atoms with E-state index in [0.717, 1.165) is 25.2 Å². The van der Waals surface area contributed by atoms with Crippen LogP contribution in [0, 0.1) is 5.92 Å². The molecule has 16 heavy (non-hydrogen) atoms. The van der Waals surface area contributed by atoms with Crippen LogP contribution >= 0.6 is 0 Å². The fraction of sp³-hybridized carbons (Fsp3) is 0.818. The number of aromatic nitrogens is 3. The van der Waals surface area contributed by atoms with E-state index in [9.17, 15) is 5.11 Å². The Hall–Kier alpha value is -0.940. The molecule has 0 amide bonds. The molecule has 0 aliphatic heterocycles. The lowest BCUT2D eigenvalue weighted by atomic mass is 9.85. The molecule has 0 saturated heterocycles. The van der Waals surface area contributed by atoms with Crippen molar-refractivity contribution in [3.63, 3.8) is 0 Å². The summed E-state index contributed by atoms with van der Waals surface area (Å²) in [5, 5.41) is 16.8. The summed E-state index contributed by atoms with van der Waals surface area (Å²) in [5.74, 6) is 1.35. The van der Waals surface area contributed by atoms with Gasteiger partial charge in [-0.15, -0.1) is 0 Å². The lowest BCUT2D eigenvalue weighted by Gasteiger charge is -2.30. The summed E-state index contributed by atoms with van der Waals surface area (Å²) in [7, 11) is 1.90. The minimum absolute atomic E-state index is 0.288. The highest BCUT2D eigenvalue weighted by Gasteiger charge is 2.24. The molecule has 2 rings (SSSR count). The number of aliphatic hydroxyl groups is 1. The lowest BCUT2D eigenvalue weighted by Crippen LogP contribution is -2.40. The Morgan fingerprint density at radius 3 is 3.00 bits per heavy atom. The molecule has 0 radical (unpaired) electrons. The van der Waals surface area contributed by atoms with Gasteiger partial charge in [-0.3, -0.25) is 4.68 Å². The van der Waals surface area contributed by atoms with Gasteiger partial charge in [0.15, 0.2) is 0 Å². The summed E-state index contributed by atoms with van der Waals surface area (Å²) in [6.07, 6.45) is 6.36. The average molecular weight is 224 g/mol. The SMILES string of the molecule is Cn1ncnc1CN[C@H]1CCCC[C@@H]1CO. The van der Waals surface area contributed by atoms with E-state index in [1.54, 1.807) is 11.0 Å². The van der Waals surface area contributed by atoms with E-state index >= 15 is 0 Å². The van der Waals surface area contributed by atoms with Gasteiger partial charge in [-0.05, 0) is 18.8 Å². The molecule has 1 aromatic rings. The van der Waals surface area contributed by atoms with E-state index in [0.29, 0.717) is 12.0 Å². The van der Waals surface area contributed by atoms with Gasteiger partial charge in [0.25, 0.3) is 0 Å². The second-order valence-corrected chi connectivity index (χ2v) is 4.51.